The van der Waals surface area contributed by atoms with Gasteiger partial charge in [-0.25, -0.2) is 4.98 Å². The molecule has 1 aliphatic carbocycles. The van der Waals surface area contributed by atoms with Crippen LogP contribution in [0, 0.1) is 11.3 Å². The number of pyridine rings is 1. The van der Waals surface area contributed by atoms with Crippen molar-refractivity contribution in [3.63, 3.8) is 0 Å². The van der Waals surface area contributed by atoms with Crippen molar-refractivity contribution in [2.45, 2.75) is 24.8 Å². The Labute approximate surface area is 113 Å². The molecular formula is C14H18N4O. The maximum absolute atomic E-state index is 12.0. The summed E-state index contributed by atoms with van der Waals surface area (Å²) in [5.74, 6) is -0.183. The number of carbonyl (C=O) groups is 1. The quantitative estimate of drug-likeness (QED) is 0.880. The first kappa shape index (κ1) is 13.5. The topological polar surface area (TPSA) is 69.0 Å². The van der Waals surface area contributed by atoms with E-state index in [1.165, 1.54) is 12.6 Å². The molecule has 5 nitrogen and oxygen atoms in total. The van der Waals surface area contributed by atoms with Gasteiger partial charge in [-0.05, 0) is 45.5 Å². The highest BCUT2D eigenvalue weighted by molar-refractivity contribution is 5.92. The number of hydrogen-bond acceptors (Lipinski definition) is 4. The number of hydrogen-bond donors (Lipinski definition) is 1. The van der Waals surface area contributed by atoms with Gasteiger partial charge in [0.1, 0.15) is 11.8 Å². The van der Waals surface area contributed by atoms with E-state index in [1.54, 1.807) is 12.1 Å². The average molecular weight is 258 g/mol. The minimum atomic E-state index is -0.183. The second kappa shape index (κ2) is 5.37. The highest BCUT2D eigenvalue weighted by Crippen LogP contribution is 2.35. The number of nitrogens with one attached hydrogen (secondary N) is 1. The molecule has 0 radical (unpaired) electrons. The van der Waals surface area contributed by atoms with Crippen LogP contribution in [0.3, 0.4) is 0 Å². The maximum Gasteiger partial charge on any atom is 0.269 e. The van der Waals surface area contributed by atoms with Crippen LogP contribution in [0.4, 0.5) is 0 Å². The van der Waals surface area contributed by atoms with Crippen LogP contribution >= 0.6 is 0 Å². The fraction of sp³-hybridized carbons (Fsp3) is 0.500. The highest BCUT2D eigenvalue weighted by atomic mass is 16.1. The Bertz CT molecular complexity index is 497. The van der Waals surface area contributed by atoms with E-state index in [0.717, 1.165) is 12.8 Å². The Morgan fingerprint density at radius 1 is 1.53 bits per heavy atom. The van der Waals surface area contributed by atoms with Crippen LogP contribution in [0.25, 0.3) is 0 Å². The molecular weight excluding hydrogens is 240 g/mol. The van der Waals surface area contributed by atoms with Gasteiger partial charge in [-0.2, -0.15) is 5.26 Å². The van der Waals surface area contributed by atoms with Gasteiger partial charge in [0.25, 0.3) is 5.91 Å². The van der Waals surface area contributed by atoms with Crippen molar-refractivity contribution >= 4 is 5.91 Å². The lowest BCUT2D eigenvalue weighted by atomic mass is 9.75. The molecule has 1 heterocycles. The van der Waals surface area contributed by atoms with Crippen molar-refractivity contribution in [2.75, 3.05) is 20.6 Å². The van der Waals surface area contributed by atoms with Crippen LogP contribution < -0.4 is 5.32 Å². The molecule has 1 aromatic heterocycles. The van der Waals surface area contributed by atoms with Crippen molar-refractivity contribution in [1.29, 1.82) is 5.26 Å². The summed E-state index contributed by atoms with van der Waals surface area (Å²) < 4.78 is 0. The average Bonchev–Trinajstić information content (AvgIpc) is 2.37. The smallest absolute Gasteiger partial charge is 0.269 e. The molecule has 2 rings (SSSR count). The van der Waals surface area contributed by atoms with Crippen LogP contribution in [-0.2, 0) is 0 Å². The summed E-state index contributed by atoms with van der Waals surface area (Å²) in [6, 6.07) is 5.17. The summed E-state index contributed by atoms with van der Waals surface area (Å²) in [5, 5.41) is 11.6. The molecule has 1 amide bonds. The maximum atomic E-state index is 12.0. The van der Waals surface area contributed by atoms with E-state index in [1.807, 2.05) is 20.2 Å². The largest absolute Gasteiger partial charge is 0.349 e. The number of rotatable bonds is 4. The molecule has 0 atom stereocenters. The van der Waals surface area contributed by atoms with Gasteiger partial charge in [0.15, 0.2) is 0 Å². The summed E-state index contributed by atoms with van der Waals surface area (Å²) in [6.07, 6.45) is 4.85. The Balaban J connectivity index is 1.96. The molecule has 1 saturated carbocycles. The lowest BCUT2D eigenvalue weighted by molar-refractivity contribution is 0.0556. The van der Waals surface area contributed by atoms with E-state index < -0.39 is 0 Å². The van der Waals surface area contributed by atoms with Gasteiger partial charge in [-0.15, -0.1) is 0 Å². The van der Waals surface area contributed by atoms with Crippen LogP contribution in [0.1, 0.15) is 35.3 Å². The Kier molecular flexibility index (Phi) is 3.82. The van der Waals surface area contributed by atoms with Crippen molar-refractivity contribution in [2.24, 2.45) is 0 Å². The normalized spacial score (nSPS) is 16.5. The lowest BCUT2D eigenvalue weighted by Crippen LogP contribution is -2.57. The Hall–Kier alpha value is -1.93. The van der Waals surface area contributed by atoms with Gasteiger partial charge in [0.05, 0.1) is 5.56 Å². The first-order valence-electron chi connectivity index (χ1n) is 6.39. The second-order valence-corrected chi connectivity index (χ2v) is 5.20. The number of likely N-dealkylation sites (N-methyl/N-ethyl adjacent to an activating group) is 1. The van der Waals surface area contributed by atoms with Crippen LogP contribution in [0.15, 0.2) is 18.3 Å². The molecule has 5 heteroatoms. The number of carbonyl (C=O) groups excluding carboxylic acids is 1. The summed E-state index contributed by atoms with van der Waals surface area (Å²) in [4.78, 5) is 18.2. The SMILES string of the molecule is CN(C)C1(CNC(=O)c2ccc(C#N)cn2)CCC1. The minimum Gasteiger partial charge on any atom is -0.349 e. The van der Waals surface area contributed by atoms with E-state index in [-0.39, 0.29) is 11.4 Å². The van der Waals surface area contributed by atoms with E-state index >= 15 is 0 Å². The van der Waals surface area contributed by atoms with Gasteiger partial charge in [-0.1, -0.05) is 0 Å². The molecule has 1 aliphatic rings. The van der Waals surface area contributed by atoms with Gasteiger partial charge in [-0.3, -0.25) is 4.79 Å². The molecule has 100 valence electrons. The first-order chi connectivity index (χ1) is 9.07. The molecule has 0 saturated heterocycles. The zero-order valence-electron chi connectivity index (χ0n) is 11.3. The summed E-state index contributed by atoms with van der Waals surface area (Å²) in [5.41, 5.74) is 0.912. The van der Waals surface area contributed by atoms with Gasteiger partial charge in [0, 0.05) is 18.3 Å². The summed E-state index contributed by atoms with van der Waals surface area (Å²) >= 11 is 0. The first-order valence-corrected chi connectivity index (χ1v) is 6.39. The highest BCUT2D eigenvalue weighted by Gasteiger charge is 2.39. The zero-order chi connectivity index (χ0) is 13.9. The third-order valence-electron chi connectivity index (χ3n) is 3.94. The molecule has 0 aromatic carbocycles. The predicted octanol–water partition coefficient (Wildman–Crippen LogP) is 1.17. The summed E-state index contributed by atoms with van der Waals surface area (Å²) in [6.45, 7) is 0.639. The molecule has 0 aliphatic heterocycles. The molecule has 0 spiro atoms. The monoisotopic (exact) mass is 258 g/mol. The Morgan fingerprint density at radius 2 is 2.26 bits per heavy atom. The van der Waals surface area contributed by atoms with Gasteiger partial charge >= 0.3 is 0 Å². The fourth-order valence-corrected chi connectivity index (χ4v) is 2.30. The van der Waals surface area contributed by atoms with Crippen LogP contribution in [-0.4, -0.2) is 42.0 Å². The molecule has 19 heavy (non-hydrogen) atoms. The van der Waals surface area contributed by atoms with Crippen molar-refractivity contribution < 1.29 is 4.79 Å². The standard InChI is InChI=1S/C14H18N4O/c1-18(2)14(6-3-7-14)10-17-13(19)12-5-4-11(8-15)9-16-12/h4-5,9H,3,6-7,10H2,1-2H3,(H,17,19). The van der Waals surface area contributed by atoms with E-state index in [9.17, 15) is 4.79 Å². The van der Waals surface area contributed by atoms with E-state index in [4.69, 9.17) is 5.26 Å². The predicted molar refractivity (Wildman–Crippen MR) is 71.6 cm³/mol. The molecule has 1 aromatic rings. The van der Waals surface area contributed by atoms with Gasteiger partial charge in [0.2, 0.25) is 0 Å². The van der Waals surface area contributed by atoms with Gasteiger partial charge < -0.3 is 10.2 Å². The van der Waals surface area contributed by atoms with Crippen molar-refractivity contribution in [3.05, 3.63) is 29.6 Å². The number of nitrogens with zero attached hydrogens (tertiary/aromatic N) is 3. The second-order valence-electron chi connectivity index (χ2n) is 5.20. The summed E-state index contributed by atoms with van der Waals surface area (Å²) in [7, 11) is 4.09. The van der Waals surface area contributed by atoms with Crippen molar-refractivity contribution in [1.82, 2.24) is 15.2 Å². The zero-order valence-corrected chi connectivity index (χ0v) is 11.3. The number of amides is 1. The number of aromatic nitrogens is 1. The fourth-order valence-electron chi connectivity index (χ4n) is 2.30. The minimum absolute atomic E-state index is 0.0995. The van der Waals surface area contributed by atoms with Crippen LogP contribution in [0.5, 0.6) is 0 Å². The number of nitriles is 1. The third-order valence-corrected chi connectivity index (χ3v) is 3.94. The molecule has 1 fully saturated rings. The lowest BCUT2D eigenvalue weighted by Gasteiger charge is -2.47. The van der Waals surface area contributed by atoms with E-state index in [2.05, 4.69) is 15.2 Å². The Morgan fingerprint density at radius 3 is 2.68 bits per heavy atom. The molecule has 0 unspecified atom stereocenters. The molecule has 0 bridgehead atoms. The van der Waals surface area contributed by atoms with Crippen molar-refractivity contribution in [3.8, 4) is 6.07 Å². The van der Waals surface area contributed by atoms with E-state index in [0.29, 0.717) is 17.8 Å². The molecule has 1 N–H and O–H groups in total. The third kappa shape index (κ3) is 2.74. The van der Waals surface area contributed by atoms with Crippen LogP contribution in [0.2, 0.25) is 0 Å².